The molecule has 2 N–H and O–H groups in total. The van der Waals surface area contributed by atoms with Gasteiger partial charge in [-0.1, -0.05) is 12.1 Å². The van der Waals surface area contributed by atoms with Crippen LogP contribution in [0.2, 0.25) is 0 Å². The van der Waals surface area contributed by atoms with Crippen LogP contribution in [-0.2, 0) is 0 Å². The first kappa shape index (κ1) is 12.1. The Bertz CT molecular complexity index is 484. The maximum absolute atomic E-state index is 13.4. The van der Waals surface area contributed by atoms with Crippen molar-refractivity contribution in [2.45, 2.75) is 13.0 Å². The molecular weight excluding hydrogens is 237 g/mol. The van der Waals surface area contributed by atoms with Gasteiger partial charge in [0.1, 0.15) is 17.7 Å². The molecule has 90 valence electrons. The number of halogens is 1. The van der Waals surface area contributed by atoms with Crippen molar-refractivity contribution in [1.29, 1.82) is 0 Å². The molecule has 0 saturated heterocycles. The lowest BCUT2D eigenvalue weighted by molar-refractivity contribution is 0.217. The molecule has 17 heavy (non-hydrogen) atoms. The van der Waals surface area contributed by atoms with Crippen LogP contribution in [0.25, 0.3) is 0 Å². The molecule has 2 aromatic rings. The normalized spacial score (nSPS) is 12.4. The van der Waals surface area contributed by atoms with Gasteiger partial charge in [0.15, 0.2) is 0 Å². The van der Waals surface area contributed by atoms with Gasteiger partial charge in [-0.05, 0) is 30.0 Å². The third-order valence-corrected chi connectivity index (χ3v) is 3.46. The average Bonchev–Trinajstić information content (AvgIpc) is 2.84. The molecule has 1 aromatic carbocycles. The highest BCUT2D eigenvalue weighted by atomic mass is 32.1. The molecule has 4 heteroatoms. The fourth-order valence-electron chi connectivity index (χ4n) is 1.51. The van der Waals surface area contributed by atoms with Crippen LogP contribution >= 0.6 is 11.3 Å². The summed E-state index contributed by atoms with van der Waals surface area (Å²) in [6.07, 6.45) is -0.211. The van der Waals surface area contributed by atoms with Crippen LogP contribution in [0.5, 0.6) is 5.75 Å². The van der Waals surface area contributed by atoms with Crippen LogP contribution < -0.4 is 10.5 Å². The molecule has 0 aliphatic carbocycles. The number of hydrogen-bond donors (Lipinski definition) is 1. The predicted molar refractivity (Wildman–Crippen MR) is 67.9 cm³/mol. The second-order valence-corrected chi connectivity index (χ2v) is 4.75. The van der Waals surface area contributed by atoms with Gasteiger partial charge in [-0.15, -0.1) is 11.3 Å². The molecule has 2 rings (SSSR count). The Morgan fingerprint density at radius 3 is 2.82 bits per heavy atom. The molecule has 0 aliphatic rings. The maximum Gasteiger partial charge on any atom is 0.145 e. The van der Waals surface area contributed by atoms with Crippen LogP contribution in [-0.4, -0.2) is 6.54 Å². The smallest absolute Gasteiger partial charge is 0.145 e. The number of benzene rings is 1. The topological polar surface area (TPSA) is 35.2 Å². The second kappa shape index (κ2) is 5.29. The Balaban J connectivity index is 2.16. The lowest BCUT2D eigenvalue weighted by Gasteiger charge is -2.16. The van der Waals surface area contributed by atoms with E-state index in [1.54, 1.807) is 30.4 Å². The Hall–Kier alpha value is -1.39. The minimum atomic E-state index is -0.260. The Morgan fingerprint density at radius 2 is 2.24 bits per heavy atom. The van der Waals surface area contributed by atoms with Crippen LogP contribution in [0.4, 0.5) is 4.39 Å². The standard InChI is InChI=1S/C13H14FNOS/c1-9-4-5-10(7-11(9)14)16-12(8-15)13-3-2-6-17-13/h2-7,12H,8,15H2,1H3. The number of nitrogens with two attached hydrogens (primary N) is 1. The molecule has 0 bridgehead atoms. The lowest BCUT2D eigenvalue weighted by atomic mass is 10.2. The van der Waals surface area contributed by atoms with Crippen molar-refractivity contribution >= 4 is 11.3 Å². The fourth-order valence-corrected chi connectivity index (χ4v) is 2.28. The van der Waals surface area contributed by atoms with E-state index in [4.69, 9.17) is 10.5 Å². The van der Waals surface area contributed by atoms with Gasteiger partial charge in [-0.3, -0.25) is 0 Å². The molecule has 0 saturated carbocycles. The van der Waals surface area contributed by atoms with E-state index in [-0.39, 0.29) is 11.9 Å². The van der Waals surface area contributed by atoms with Crippen molar-refractivity contribution in [3.05, 3.63) is 52.0 Å². The Kier molecular flexibility index (Phi) is 3.76. The molecule has 0 fully saturated rings. The van der Waals surface area contributed by atoms with Gasteiger partial charge in [0.05, 0.1) is 0 Å². The van der Waals surface area contributed by atoms with E-state index in [0.717, 1.165) is 4.88 Å². The van der Waals surface area contributed by atoms with E-state index >= 15 is 0 Å². The first-order chi connectivity index (χ1) is 8.20. The zero-order valence-corrected chi connectivity index (χ0v) is 10.3. The highest BCUT2D eigenvalue weighted by Crippen LogP contribution is 2.25. The predicted octanol–water partition coefficient (Wildman–Crippen LogP) is 3.27. The van der Waals surface area contributed by atoms with Crippen molar-refractivity contribution in [2.75, 3.05) is 6.54 Å². The van der Waals surface area contributed by atoms with Crippen molar-refractivity contribution in [1.82, 2.24) is 0 Å². The van der Waals surface area contributed by atoms with Crippen LogP contribution in [0, 0.1) is 12.7 Å². The zero-order chi connectivity index (χ0) is 12.3. The summed E-state index contributed by atoms with van der Waals surface area (Å²) in [6, 6.07) is 8.77. The highest BCUT2D eigenvalue weighted by molar-refractivity contribution is 7.10. The molecule has 0 spiro atoms. The van der Waals surface area contributed by atoms with Gasteiger partial charge in [-0.2, -0.15) is 0 Å². The number of ether oxygens (including phenoxy) is 1. The van der Waals surface area contributed by atoms with Gasteiger partial charge in [0, 0.05) is 17.5 Å². The second-order valence-electron chi connectivity index (χ2n) is 3.77. The van der Waals surface area contributed by atoms with Crippen LogP contribution in [0.15, 0.2) is 35.7 Å². The molecule has 0 radical (unpaired) electrons. The third-order valence-electron chi connectivity index (χ3n) is 2.50. The van der Waals surface area contributed by atoms with Gasteiger partial charge in [-0.25, -0.2) is 4.39 Å². The number of aryl methyl sites for hydroxylation is 1. The van der Waals surface area contributed by atoms with Gasteiger partial charge in [0.25, 0.3) is 0 Å². The molecule has 0 aliphatic heterocycles. The van der Waals surface area contributed by atoms with Crippen LogP contribution in [0.3, 0.4) is 0 Å². The van der Waals surface area contributed by atoms with E-state index in [1.165, 1.54) is 6.07 Å². The fraction of sp³-hybridized carbons (Fsp3) is 0.231. The van der Waals surface area contributed by atoms with Crippen molar-refractivity contribution in [3.63, 3.8) is 0 Å². The number of hydrogen-bond acceptors (Lipinski definition) is 3. The molecule has 1 unspecified atom stereocenters. The van der Waals surface area contributed by atoms with Crippen LogP contribution in [0.1, 0.15) is 16.5 Å². The number of rotatable bonds is 4. The molecule has 2 nitrogen and oxygen atoms in total. The van der Waals surface area contributed by atoms with E-state index in [2.05, 4.69) is 0 Å². The van der Waals surface area contributed by atoms with E-state index in [0.29, 0.717) is 17.9 Å². The first-order valence-corrected chi connectivity index (χ1v) is 6.25. The summed E-state index contributed by atoms with van der Waals surface area (Å²) >= 11 is 1.58. The molecule has 0 amide bonds. The molecule has 1 aromatic heterocycles. The number of thiophene rings is 1. The summed E-state index contributed by atoms with van der Waals surface area (Å²) < 4.78 is 19.1. The first-order valence-electron chi connectivity index (χ1n) is 5.37. The maximum atomic E-state index is 13.4. The van der Waals surface area contributed by atoms with E-state index in [1.807, 2.05) is 17.5 Å². The Labute approximate surface area is 104 Å². The van der Waals surface area contributed by atoms with Gasteiger partial charge < -0.3 is 10.5 Å². The molecule has 1 heterocycles. The Morgan fingerprint density at radius 1 is 1.41 bits per heavy atom. The van der Waals surface area contributed by atoms with Crippen molar-refractivity contribution in [2.24, 2.45) is 5.73 Å². The minimum Gasteiger partial charge on any atom is -0.483 e. The lowest BCUT2D eigenvalue weighted by Crippen LogP contribution is -2.17. The SMILES string of the molecule is Cc1ccc(OC(CN)c2cccs2)cc1F. The van der Waals surface area contributed by atoms with E-state index < -0.39 is 0 Å². The summed E-state index contributed by atoms with van der Waals surface area (Å²) in [5.41, 5.74) is 6.28. The monoisotopic (exact) mass is 251 g/mol. The van der Waals surface area contributed by atoms with Crippen molar-refractivity contribution < 1.29 is 9.13 Å². The molecule has 1 atom stereocenters. The summed E-state index contributed by atoms with van der Waals surface area (Å²) in [6.45, 7) is 2.09. The quantitative estimate of drug-likeness (QED) is 0.905. The summed E-state index contributed by atoms with van der Waals surface area (Å²) in [5, 5.41) is 1.97. The highest BCUT2D eigenvalue weighted by Gasteiger charge is 2.13. The average molecular weight is 251 g/mol. The third kappa shape index (κ3) is 2.84. The minimum absolute atomic E-state index is 0.211. The molecular formula is C13H14FNOS. The van der Waals surface area contributed by atoms with E-state index in [9.17, 15) is 4.39 Å². The summed E-state index contributed by atoms with van der Waals surface area (Å²) in [4.78, 5) is 1.05. The van der Waals surface area contributed by atoms with Gasteiger partial charge >= 0.3 is 0 Å². The largest absolute Gasteiger partial charge is 0.483 e. The summed E-state index contributed by atoms with van der Waals surface area (Å²) in [5.74, 6) is 0.251. The van der Waals surface area contributed by atoms with Gasteiger partial charge in [0.2, 0.25) is 0 Å². The zero-order valence-electron chi connectivity index (χ0n) is 9.52. The van der Waals surface area contributed by atoms with Crippen molar-refractivity contribution in [3.8, 4) is 5.75 Å². The summed E-state index contributed by atoms with van der Waals surface area (Å²) in [7, 11) is 0.